The molecule has 2 rings (SSSR count). The van der Waals surface area contributed by atoms with Crippen molar-refractivity contribution in [3.63, 3.8) is 0 Å². The summed E-state index contributed by atoms with van der Waals surface area (Å²) in [6, 6.07) is 10.3. The van der Waals surface area contributed by atoms with Crippen molar-refractivity contribution < 1.29 is 28.4 Å². The Balaban J connectivity index is 2.05. The third kappa shape index (κ3) is 6.83. The standard InChI is InChI=1S/C21H31BO6Si/c1-15(2)25-20(23)18-19(21(24)26-16(3)4)28-22(27-18)13-10-14-29(5,6)17-11-8-7-9-12-17/h7-12,14-16,18-19H,13H2,1-6H3/b14-10+/t18-,19-/m0/s1. The van der Waals surface area contributed by atoms with Crippen LogP contribution in [0, 0.1) is 0 Å². The smallest absolute Gasteiger partial charge is 0.461 e. The summed E-state index contributed by atoms with van der Waals surface area (Å²) in [6.07, 6.45) is -0.442. The van der Waals surface area contributed by atoms with Crippen molar-refractivity contribution in [1.29, 1.82) is 0 Å². The molecule has 8 heteroatoms. The van der Waals surface area contributed by atoms with Gasteiger partial charge >= 0.3 is 19.1 Å². The fourth-order valence-electron chi connectivity index (χ4n) is 3.01. The molecular weight excluding hydrogens is 387 g/mol. The van der Waals surface area contributed by atoms with Gasteiger partial charge in [-0.2, -0.15) is 0 Å². The van der Waals surface area contributed by atoms with Crippen LogP contribution < -0.4 is 5.19 Å². The van der Waals surface area contributed by atoms with Gasteiger partial charge in [-0.1, -0.05) is 60.4 Å². The van der Waals surface area contributed by atoms with Crippen LogP contribution in [0.15, 0.2) is 42.1 Å². The Morgan fingerprint density at radius 1 is 1.00 bits per heavy atom. The van der Waals surface area contributed by atoms with Crippen molar-refractivity contribution in [3.8, 4) is 0 Å². The molecule has 1 aromatic rings. The average Bonchev–Trinajstić information content (AvgIpc) is 3.06. The lowest BCUT2D eigenvalue weighted by Gasteiger charge is -2.18. The first-order chi connectivity index (χ1) is 13.6. The number of ether oxygens (including phenoxy) is 2. The van der Waals surface area contributed by atoms with Crippen molar-refractivity contribution in [3.05, 3.63) is 42.1 Å². The van der Waals surface area contributed by atoms with E-state index in [9.17, 15) is 9.59 Å². The summed E-state index contributed by atoms with van der Waals surface area (Å²) in [5, 5.41) is 1.32. The van der Waals surface area contributed by atoms with Gasteiger partial charge in [0.25, 0.3) is 0 Å². The molecule has 1 saturated heterocycles. The van der Waals surface area contributed by atoms with Crippen LogP contribution in [0.1, 0.15) is 27.7 Å². The van der Waals surface area contributed by atoms with E-state index in [1.54, 1.807) is 27.7 Å². The molecule has 1 aliphatic heterocycles. The highest BCUT2D eigenvalue weighted by Gasteiger charge is 2.49. The second-order valence-corrected chi connectivity index (χ2v) is 12.6. The predicted octanol–water partition coefficient (Wildman–Crippen LogP) is 2.87. The molecule has 0 spiro atoms. The van der Waals surface area contributed by atoms with Crippen molar-refractivity contribution in [2.24, 2.45) is 0 Å². The third-order valence-corrected chi connectivity index (χ3v) is 7.31. The second-order valence-electron chi connectivity index (χ2n) is 8.24. The van der Waals surface area contributed by atoms with E-state index < -0.39 is 39.3 Å². The molecule has 0 unspecified atom stereocenters. The van der Waals surface area contributed by atoms with Crippen LogP contribution in [0.5, 0.6) is 0 Å². The van der Waals surface area contributed by atoms with Crippen LogP contribution in [0.2, 0.25) is 19.4 Å². The van der Waals surface area contributed by atoms with E-state index in [-0.39, 0.29) is 12.2 Å². The second kappa shape index (κ2) is 10.2. The third-order valence-electron chi connectivity index (χ3n) is 4.42. The molecule has 0 radical (unpaired) electrons. The topological polar surface area (TPSA) is 71.1 Å². The maximum atomic E-state index is 12.4. The van der Waals surface area contributed by atoms with E-state index in [2.05, 4.69) is 30.9 Å². The molecule has 0 bridgehead atoms. The minimum absolute atomic E-state index is 0.315. The fourth-order valence-corrected chi connectivity index (χ4v) is 4.98. The molecule has 6 nitrogen and oxygen atoms in total. The highest BCUT2D eigenvalue weighted by Crippen LogP contribution is 2.23. The zero-order valence-corrected chi connectivity index (χ0v) is 19.1. The van der Waals surface area contributed by atoms with Gasteiger partial charge in [-0.25, -0.2) is 9.59 Å². The van der Waals surface area contributed by atoms with E-state index in [0.717, 1.165) is 0 Å². The lowest BCUT2D eigenvalue weighted by atomic mass is 9.85. The van der Waals surface area contributed by atoms with Gasteiger partial charge < -0.3 is 18.8 Å². The van der Waals surface area contributed by atoms with Crippen LogP contribution in [0.25, 0.3) is 0 Å². The average molecular weight is 418 g/mol. The quantitative estimate of drug-likeness (QED) is 0.478. The molecule has 1 aromatic carbocycles. The van der Waals surface area contributed by atoms with Crippen LogP contribution in [-0.4, -0.2) is 51.5 Å². The number of hydrogen-bond acceptors (Lipinski definition) is 6. The maximum Gasteiger partial charge on any atom is 0.462 e. The SMILES string of the molecule is CC(C)OC(=O)[C@H]1OB(C/C=C/[Si](C)(C)c2ccccc2)O[C@@H]1C(=O)OC(C)C. The Morgan fingerprint density at radius 2 is 1.48 bits per heavy atom. The molecule has 0 aromatic heterocycles. The van der Waals surface area contributed by atoms with Crippen molar-refractivity contribution in [2.45, 2.75) is 71.5 Å². The minimum Gasteiger partial charge on any atom is -0.461 e. The fraction of sp³-hybridized carbons (Fsp3) is 0.524. The summed E-state index contributed by atoms with van der Waals surface area (Å²) in [6.45, 7) is 11.5. The summed E-state index contributed by atoms with van der Waals surface area (Å²) in [4.78, 5) is 24.7. The van der Waals surface area contributed by atoms with Gasteiger partial charge in [0, 0.05) is 0 Å². The van der Waals surface area contributed by atoms with Crippen LogP contribution in [0.4, 0.5) is 0 Å². The molecule has 29 heavy (non-hydrogen) atoms. The molecule has 0 aliphatic carbocycles. The first kappa shape index (κ1) is 23.4. The molecule has 0 N–H and O–H groups in total. The molecule has 0 amide bonds. The normalized spacial score (nSPS) is 19.9. The van der Waals surface area contributed by atoms with Crippen LogP contribution in [-0.2, 0) is 28.4 Å². The van der Waals surface area contributed by atoms with Crippen LogP contribution in [0.3, 0.4) is 0 Å². The largest absolute Gasteiger partial charge is 0.462 e. The molecule has 1 heterocycles. The molecule has 1 fully saturated rings. The van der Waals surface area contributed by atoms with Gasteiger partial charge in [0.2, 0.25) is 0 Å². The number of carbonyl (C=O) groups is 2. The first-order valence-electron chi connectivity index (χ1n) is 10.0. The zero-order chi connectivity index (χ0) is 21.6. The summed E-state index contributed by atoms with van der Waals surface area (Å²) < 4.78 is 21.9. The summed E-state index contributed by atoms with van der Waals surface area (Å²) >= 11 is 0. The first-order valence-corrected chi connectivity index (χ1v) is 13.1. The highest BCUT2D eigenvalue weighted by molar-refractivity contribution is 6.94. The number of rotatable bonds is 8. The van der Waals surface area contributed by atoms with Crippen molar-refractivity contribution in [1.82, 2.24) is 0 Å². The summed E-state index contributed by atoms with van der Waals surface area (Å²) in [7, 11) is -2.45. The number of carbonyl (C=O) groups excluding carboxylic acids is 2. The summed E-state index contributed by atoms with van der Waals surface area (Å²) in [5.41, 5.74) is 2.20. The Bertz CT molecular complexity index is 689. The number of allylic oxidation sites excluding steroid dienone is 1. The van der Waals surface area contributed by atoms with Gasteiger partial charge in [-0.15, -0.1) is 0 Å². The molecule has 158 valence electrons. The van der Waals surface area contributed by atoms with Crippen molar-refractivity contribution in [2.75, 3.05) is 0 Å². The van der Waals surface area contributed by atoms with E-state index in [1.807, 2.05) is 24.3 Å². The number of benzene rings is 1. The number of hydrogen-bond donors (Lipinski definition) is 0. The highest BCUT2D eigenvalue weighted by atomic mass is 28.3. The van der Waals surface area contributed by atoms with Gasteiger partial charge in [0.05, 0.1) is 12.2 Å². The van der Waals surface area contributed by atoms with Gasteiger partial charge in [-0.3, -0.25) is 0 Å². The Kier molecular flexibility index (Phi) is 8.25. The molecule has 1 aliphatic rings. The van der Waals surface area contributed by atoms with Gasteiger partial charge in [-0.05, 0) is 34.0 Å². The van der Waals surface area contributed by atoms with E-state index >= 15 is 0 Å². The number of esters is 2. The molecule has 2 atom stereocenters. The predicted molar refractivity (Wildman–Crippen MR) is 115 cm³/mol. The van der Waals surface area contributed by atoms with Gasteiger partial charge in [0.15, 0.2) is 12.2 Å². The Hall–Kier alpha value is -1.90. The summed E-state index contributed by atoms with van der Waals surface area (Å²) in [5.74, 6) is -1.23. The monoisotopic (exact) mass is 418 g/mol. The Labute approximate surface area is 174 Å². The molecular formula is C21H31BO6Si. The molecule has 0 saturated carbocycles. The van der Waals surface area contributed by atoms with E-state index in [1.165, 1.54) is 5.19 Å². The van der Waals surface area contributed by atoms with Crippen molar-refractivity contribution >= 4 is 32.3 Å². The lowest BCUT2D eigenvalue weighted by Crippen LogP contribution is -2.40. The lowest BCUT2D eigenvalue weighted by molar-refractivity contribution is -0.167. The van der Waals surface area contributed by atoms with E-state index in [0.29, 0.717) is 6.32 Å². The van der Waals surface area contributed by atoms with E-state index in [4.69, 9.17) is 18.8 Å². The zero-order valence-electron chi connectivity index (χ0n) is 18.1. The Morgan fingerprint density at radius 3 is 1.93 bits per heavy atom. The maximum absolute atomic E-state index is 12.4. The minimum atomic E-state index is -1.75. The van der Waals surface area contributed by atoms with Crippen LogP contribution >= 0.6 is 0 Å². The van der Waals surface area contributed by atoms with Gasteiger partial charge in [0.1, 0.15) is 8.07 Å².